The second kappa shape index (κ2) is 6.07. The fourth-order valence-corrected chi connectivity index (χ4v) is 2.87. The van der Waals surface area contributed by atoms with E-state index in [9.17, 15) is 0 Å². The van der Waals surface area contributed by atoms with Gasteiger partial charge < -0.3 is 4.74 Å². The molecule has 17 heavy (non-hydrogen) atoms. The van der Waals surface area contributed by atoms with E-state index in [1.54, 1.807) is 25.1 Å². The van der Waals surface area contributed by atoms with Crippen LogP contribution in [0, 0.1) is 0 Å². The van der Waals surface area contributed by atoms with Crippen LogP contribution in [0.5, 0.6) is 5.75 Å². The fraction of sp³-hybridized carbons (Fsp3) is 0.154. The molecule has 2 nitrogen and oxygen atoms in total. The van der Waals surface area contributed by atoms with E-state index in [0.29, 0.717) is 0 Å². The highest BCUT2D eigenvalue weighted by molar-refractivity contribution is 9.10. The lowest BCUT2D eigenvalue weighted by molar-refractivity contribution is 0.402. The first-order valence-electron chi connectivity index (χ1n) is 5.16. The molecule has 0 atom stereocenters. The normalized spacial score (nSPS) is 10.2. The lowest BCUT2D eigenvalue weighted by Crippen LogP contribution is -1.89. The number of hydrogen-bond acceptors (Lipinski definition) is 3. The number of methoxy groups -OCH3 is 1. The molecule has 0 saturated carbocycles. The molecule has 0 bridgehead atoms. The molecule has 0 spiro atoms. The molecule has 0 radical (unpaired) electrons. The summed E-state index contributed by atoms with van der Waals surface area (Å²) >= 11 is 5.12. The number of pyridine rings is 1. The van der Waals surface area contributed by atoms with E-state index in [2.05, 4.69) is 45.2 Å². The average Bonchev–Trinajstić information content (AvgIpc) is 2.38. The number of aromatic nitrogens is 1. The van der Waals surface area contributed by atoms with E-state index in [0.717, 1.165) is 21.0 Å². The van der Waals surface area contributed by atoms with E-state index in [1.807, 2.05) is 12.1 Å². The molecule has 4 heteroatoms. The van der Waals surface area contributed by atoms with Crippen LogP contribution in [0.1, 0.15) is 5.56 Å². The lowest BCUT2D eigenvalue weighted by atomic mass is 10.2. The van der Waals surface area contributed by atoms with Crippen molar-refractivity contribution in [2.45, 2.75) is 10.6 Å². The number of ether oxygens (including phenoxy) is 1. The molecule has 0 fully saturated rings. The van der Waals surface area contributed by atoms with Gasteiger partial charge in [0.2, 0.25) is 0 Å². The first-order chi connectivity index (χ1) is 8.29. The summed E-state index contributed by atoms with van der Waals surface area (Å²) in [6, 6.07) is 12.3. The Labute approximate surface area is 114 Å². The minimum absolute atomic E-state index is 0.814. The van der Waals surface area contributed by atoms with E-state index < -0.39 is 0 Å². The molecule has 0 aliphatic heterocycles. The maximum atomic E-state index is 5.28. The van der Waals surface area contributed by atoms with Crippen molar-refractivity contribution in [1.82, 2.24) is 4.98 Å². The Bertz CT molecular complexity index is 490. The molecule has 1 aromatic carbocycles. The number of hydrogen-bond donors (Lipinski definition) is 0. The van der Waals surface area contributed by atoms with Gasteiger partial charge in [0.05, 0.1) is 18.2 Å². The highest BCUT2D eigenvalue weighted by Crippen LogP contribution is 2.32. The van der Waals surface area contributed by atoms with Crippen molar-refractivity contribution in [2.24, 2.45) is 0 Å². The maximum Gasteiger partial charge on any atom is 0.150 e. The SMILES string of the molecule is COc1cnc(Br)cc1SCc1ccccc1. The summed E-state index contributed by atoms with van der Waals surface area (Å²) in [7, 11) is 1.66. The number of thioether (sulfide) groups is 1. The van der Waals surface area contributed by atoms with Gasteiger partial charge in [-0.05, 0) is 27.6 Å². The molecule has 0 aliphatic carbocycles. The summed E-state index contributed by atoms with van der Waals surface area (Å²) in [5.74, 6) is 1.74. The summed E-state index contributed by atoms with van der Waals surface area (Å²) in [5.41, 5.74) is 1.30. The first-order valence-corrected chi connectivity index (χ1v) is 6.93. The Balaban J connectivity index is 2.11. The minimum atomic E-state index is 0.814. The standard InChI is InChI=1S/C13H12BrNOS/c1-16-11-8-15-13(14)7-12(11)17-9-10-5-3-2-4-6-10/h2-8H,9H2,1H3. The quantitative estimate of drug-likeness (QED) is 0.626. The van der Waals surface area contributed by atoms with Crippen LogP contribution >= 0.6 is 27.7 Å². The van der Waals surface area contributed by atoms with Crippen molar-refractivity contribution in [2.75, 3.05) is 7.11 Å². The topological polar surface area (TPSA) is 22.1 Å². The zero-order chi connectivity index (χ0) is 12.1. The van der Waals surface area contributed by atoms with Gasteiger partial charge >= 0.3 is 0 Å². The van der Waals surface area contributed by atoms with Crippen molar-refractivity contribution >= 4 is 27.7 Å². The Kier molecular flexibility index (Phi) is 4.45. The molecular formula is C13H12BrNOS. The van der Waals surface area contributed by atoms with Crippen molar-refractivity contribution in [3.63, 3.8) is 0 Å². The van der Waals surface area contributed by atoms with Crippen LogP contribution in [0.25, 0.3) is 0 Å². The predicted molar refractivity (Wildman–Crippen MR) is 74.5 cm³/mol. The third-order valence-corrected chi connectivity index (χ3v) is 3.80. The third-order valence-electron chi connectivity index (χ3n) is 2.26. The second-order valence-corrected chi connectivity index (χ2v) is 5.26. The molecule has 0 unspecified atom stereocenters. The molecule has 1 heterocycles. The van der Waals surface area contributed by atoms with Crippen LogP contribution in [-0.4, -0.2) is 12.1 Å². The van der Waals surface area contributed by atoms with Gasteiger partial charge in [0.25, 0.3) is 0 Å². The van der Waals surface area contributed by atoms with Gasteiger partial charge in [-0.25, -0.2) is 4.98 Å². The predicted octanol–water partition coefficient (Wildman–Crippen LogP) is 4.15. The summed E-state index contributed by atoms with van der Waals surface area (Å²) in [6.07, 6.45) is 1.73. The average molecular weight is 310 g/mol. The van der Waals surface area contributed by atoms with E-state index in [1.165, 1.54) is 5.56 Å². The molecule has 88 valence electrons. The summed E-state index contributed by atoms with van der Waals surface area (Å²) in [4.78, 5) is 5.24. The molecule has 0 saturated heterocycles. The molecule has 0 N–H and O–H groups in total. The zero-order valence-electron chi connectivity index (χ0n) is 9.39. The fourth-order valence-electron chi connectivity index (χ4n) is 1.40. The van der Waals surface area contributed by atoms with Gasteiger partial charge in [-0.2, -0.15) is 0 Å². The molecule has 1 aromatic heterocycles. The number of rotatable bonds is 4. The molecule has 2 aromatic rings. The molecule has 0 amide bonds. The Hall–Kier alpha value is -1.00. The van der Waals surface area contributed by atoms with Gasteiger partial charge in [-0.15, -0.1) is 11.8 Å². The van der Waals surface area contributed by atoms with Gasteiger partial charge in [-0.3, -0.25) is 0 Å². The highest BCUT2D eigenvalue weighted by Gasteiger charge is 2.05. The molecule has 0 aliphatic rings. The first kappa shape index (κ1) is 12.5. The van der Waals surface area contributed by atoms with Gasteiger partial charge in [0.15, 0.2) is 5.75 Å². The third kappa shape index (κ3) is 3.48. The zero-order valence-corrected chi connectivity index (χ0v) is 11.8. The number of nitrogens with zero attached hydrogens (tertiary/aromatic N) is 1. The second-order valence-electron chi connectivity index (χ2n) is 3.43. The smallest absolute Gasteiger partial charge is 0.150 e. The van der Waals surface area contributed by atoms with Crippen LogP contribution in [0.3, 0.4) is 0 Å². The Morgan fingerprint density at radius 2 is 2.06 bits per heavy atom. The van der Waals surface area contributed by atoms with Crippen molar-refractivity contribution in [3.05, 3.63) is 52.8 Å². The van der Waals surface area contributed by atoms with Crippen molar-refractivity contribution < 1.29 is 4.74 Å². The van der Waals surface area contributed by atoms with Crippen molar-refractivity contribution in [3.8, 4) is 5.75 Å². The molecule has 2 rings (SSSR count). The Morgan fingerprint density at radius 3 is 2.76 bits per heavy atom. The minimum Gasteiger partial charge on any atom is -0.494 e. The summed E-state index contributed by atoms with van der Waals surface area (Å²) in [5, 5.41) is 0. The van der Waals surface area contributed by atoms with Crippen LogP contribution in [-0.2, 0) is 5.75 Å². The van der Waals surface area contributed by atoms with Crippen LogP contribution < -0.4 is 4.74 Å². The maximum absolute atomic E-state index is 5.28. The van der Waals surface area contributed by atoms with Crippen molar-refractivity contribution in [1.29, 1.82) is 0 Å². The van der Waals surface area contributed by atoms with Crippen LogP contribution in [0.2, 0.25) is 0 Å². The van der Waals surface area contributed by atoms with E-state index in [-0.39, 0.29) is 0 Å². The molecular weight excluding hydrogens is 298 g/mol. The van der Waals surface area contributed by atoms with Crippen LogP contribution in [0.15, 0.2) is 52.1 Å². The number of halogens is 1. The van der Waals surface area contributed by atoms with Gasteiger partial charge in [0.1, 0.15) is 4.60 Å². The number of benzene rings is 1. The van der Waals surface area contributed by atoms with Crippen LogP contribution in [0.4, 0.5) is 0 Å². The van der Waals surface area contributed by atoms with Gasteiger partial charge in [0, 0.05) is 5.75 Å². The monoisotopic (exact) mass is 309 g/mol. The summed E-state index contributed by atoms with van der Waals surface area (Å²) in [6.45, 7) is 0. The lowest BCUT2D eigenvalue weighted by Gasteiger charge is -2.07. The highest BCUT2D eigenvalue weighted by atomic mass is 79.9. The Morgan fingerprint density at radius 1 is 1.29 bits per heavy atom. The van der Waals surface area contributed by atoms with E-state index in [4.69, 9.17) is 4.74 Å². The largest absolute Gasteiger partial charge is 0.494 e. The summed E-state index contributed by atoms with van der Waals surface area (Å²) < 4.78 is 6.11. The van der Waals surface area contributed by atoms with Gasteiger partial charge in [-0.1, -0.05) is 30.3 Å². The van der Waals surface area contributed by atoms with E-state index >= 15 is 0 Å².